The quantitative estimate of drug-likeness (QED) is 0.725. The van der Waals surface area contributed by atoms with Crippen molar-refractivity contribution in [3.63, 3.8) is 0 Å². The van der Waals surface area contributed by atoms with Crippen molar-refractivity contribution in [2.24, 2.45) is 0 Å². The zero-order chi connectivity index (χ0) is 14.0. The fraction of sp³-hybridized carbons (Fsp3) is 0.0833. The third-order valence-corrected chi connectivity index (χ3v) is 3.45. The highest BCUT2D eigenvalue weighted by atomic mass is 32.2. The Bertz CT molecular complexity index is 746. The summed E-state index contributed by atoms with van der Waals surface area (Å²) in [6.07, 6.45) is 0.244. The van der Waals surface area contributed by atoms with E-state index in [9.17, 15) is 18.3 Å². The Labute approximate surface area is 109 Å². The summed E-state index contributed by atoms with van der Waals surface area (Å²) < 4.78 is 30.6. The van der Waals surface area contributed by atoms with Gasteiger partial charge in [0.2, 0.25) is 5.56 Å². The van der Waals surface area contributed by atoms with E-state index in [0.29, 0.717) is 11.3 Å². The number of hydrogen-bond acceptors (Lipinski definition) is 4. The van der Waals surface area contributed by atoms with Crippen LogP contribution in [0.3, 0.4) is 0 Å². The van der Waals surface area contributed by atoms with Crippen molar-refractivity contribution in [2.45, 2.75) is 11.3 Å². The SMILES string of the molecule is O=c1ccc(O)c(Cc2ccc(S(=O)(=O)O)cc2)[nH]1. The van der Waals surface area contributed by atoms with Crippen LogP contribution >= 0.6 is 0 Å². The van der Waals surface area contributed by atoms with E-state index in [-0.39, 0.29) is 22.6 Å². The predicted octanol–water partition coefficient (Wildman–Crippen LogP) is 0.918. The van der Waals surface area contributed by atoms with E-state index in [1.807, 2.05) is 0 Å². The van der Waals surface area contributed by atoms with Gasteiger partial charge >= 0.3 is 0 Å². The molecule has 0 aliphatic rings. The normalized spacial score (nSPS) is 11.4. The summed E-state index contributed by atoms with van der Waals surface area (Å²) in [7, 11) is -4.21. The van der Waals surface area contributed by atoms with Gasteiger partial charge in [0.1, 0.15) is 5.75 Å². The highest BCUT2D eigenvalue weighted by Crippen LogP contribution is 2.17. The van der Waals surface area contributed by atoms with Crippen molar-refractivity contribution in [1.82, 2.24) is 4.98 Å². The minimum absolute atomic E-state index is 0.0431. The molecule has 0 amide bonds. The van der Waals surface area contributed by atoms with Gasteiger partial charge in [-0.3, -0.25) is 9.35 Å². The maximum Gasteiger partial charge on any atom is 0.294 e. The second kappa shape index (κ2) is 4.87. The Morgan fingerprint density at radius 2 is 1.68 bits per heavy atom. The van der Waals surface area contributed by atoms with E-state index in [4.69, 9.17) is 4.55 Å². The van der Waals surface area contributed by atoms with Crippen molar-refractivity contribution >= 4 is 10.1 Å². The molecule has 0 unspecified atom stereocenters. The summed E-state index contributed by atoms with van der Waals surface area (Å²) in [5.41, 5.74) is 0.694. The van der Waals surface area contributed by atoms with Crippen molar-refractivity contribution in [3.8, 4) is 5.75 Å². The molecular formula is C12H11NO5S. The molecule has 100 valence electrons. The Kier molecular flexibility index (Phi) is 3.41. The number of pyridine rings is 1. The average Bonchev–Trinajstić information content (AvgIpc) is 2.33. The minimum atomic E-state index is -4.21. The Morgan fingerprint density at radius 1 is 1.05 bits per heavy atom. The maximum atomic E-state index is 11.1. The number of benzene rings is 1. The van der Waals surface area contributed by atoms with Gasteiger partial charge in [0.15, 0.2) is 0 Å². The minimum Gasteiger partial charge on any atom is -0.506 e. The highest BCUT2D eigenvalue weighted by Gasteiger charge is 2.09. The molecule has 2 rings (SSSR count). The van der Waals surface area contributed by atoms with Crippen LogP contribution in [-0.4, -0.2) is 23.1 Å². The number of aromatic amines is 1. The molecule has 0 bridgehead atoms. The van der Waals surface area contributed by atoms with Crippen LogP contribution in [0.2, 0.25) is 0 Å². The molecule has 0 aliphatic heterocycles. The van der Waals surface area contributed by atoms with Crippen LogP contribution in [0.25, 0.3) is 0 Å². The lowest BCUT2D eigenvalue weighted by molar-refractivity contribution is 0.465. The topological polar surface area (TPSA) is 107 Å². The first-order valence-electron chi connectivity index (χ1n) is 5.34. The van der Waals surface area contributed by atoms with E-state index < -0.39 is 10.1 Å². The van der Waals surface area contributed by atoms with Crippen LogP contribution in [0.4, 0.5) is 0 Å². The van der Waals surface area contributed by atoms with Crippen LogP contribution in [0.15, 0.2) is 46.1 Å². The molecular weight excluding hydrogens is 270 g/mol. The molecule has 0 saturated heterocycles. The molecule has 19 heavy (non-hydrogen) atoms. The molecule has 6 nitrogen and oxygen atoms in total. The largest absolute Gasteiger partial charge is 0.506 e. The molecule has 0 atom stereocenters. The molecule has 0 spiro atoms. The number of aromatic nitrogens is 1. The zero-order valence-electron chi connectivity index (χ0n) is 9.70. The summed E-state index contributed by atoms with van der Waals surface area (Å²) in [5, 5.41) is 9.57. The number of rotatable bonds is 3. The monoisotopic (exact) mass is 281 g/mol. The summed E-state index contributed by atoms with van der Waals surface area (Å²) >= 11 is 0. The Hall–Kier alpha value is -2.12. The van der Waals surface area contributed by atoms with E-state index in [2.05, 4.69) is 4.98 Å². The average molecular weight is 281 g/mol. The predicted molar refractivity (Wildman–Crippen MR) is 67.8 cm³/mol. The summed E-state index contributed by atoms with van der Waals surface area (Å²) in [6, 6.07) is 7.99. The van der Waals surface area contributed by atoms with Gasteiger partial charge in [0, 0.05) is 12.5 Å². The zero-order valence-corrected chi connectivity index (χ0v) is 10.5. The standard InChI is InChI=1S/C12H11NO5S/c14-11-5-6-12(15)13-10(11)7-8-1-3-9(4-2-8)19(16,17)18/h1-6,14H,7H2,(H,13,15)(H,16,17,18). The molecule has 1 heterocycles. The van der Waals surface area contributed by atoms with Gasteiger partial charge in [-0.1, -0.05) is 12.1 Å². The fourth-order valence-corrected chi connectivity index (χ4v) is 2.11. The van der Waals surface area contributed by atoms with Gasteiger partial charge < -0.3 is 10.1 Å². The summed E-state index contributed by atoms with van der Waals surface area (Å²) in [6.45, 7) is 0. The van der Waals surface area contributed by atoms with Crippen LogP contribution < -0.4 is 5.56 Å². The Morgan fingerprint density at radius 3 is 2.26 bits per heavy atom. The van der Waals surface area contributed by atoms with E-state index in [1.54, 1.807) is 0 Å². The lowest BCUT2D eigenvalue weighted by Crippen LogP contribution is -2.07. The van der Waals surface area contributed by atoms with Crippen molar-refractivity contribution in [2.75, 3.05) is 0 Å². The first-order chi connectivity index (χ1) is 8.86. The molecule has 0 fully saturated rings. The first kappa shape index (κ1) is 13.3. The van der Waals surface area contributed by atoms with E-state index in [0.717, 1.165) is 0 Å². The van der Waals surface area contributed by atoms with Crippen molar-refractivity contribution < 1.29 is 18.1 Å². The van der Waals surface area contributed by atoms with Crippen LogP contribution in [-0.2, 0) is 16.5 Å². The number of hydrogen-bond donors (Lipinski definition) is 3. The van der Waals surface area contributed by atoms with Gasteiger partial charge in [0.25, 0.3) is 10.1 Å². The summed E-state index contributed by atoms with van der Waals surface area (Å²) in [5.74, 6) is -0.0431. The lowest BCUT2D eigenvalue weighted by atomic mass is 10.1. The molecule has 0 saturated carbocycles. The fourth-order valence-electron chi connectivity index (χ4n) is 1.63. The molecule has 0 aliphatic carbocycles. The van der Waals surface area contributed by atoms with Gasteiger partial charge in [-0.05, 0) is 23.8 Å². The van der Waals surface area contributed by atoms with Crippen molar-refractivity contribution in [1.29, 1.82) is 0 Å². The molecule has 3 N–H and O–H groups in total. The first-order valence-corrected chi connectivity index (χ1v) is 6.78. The van der Waals surface area contributed by atoms with Gasteiger partial charge in [0.05, 0.1) is 10.6 Å². The third-order valence-electron chi connectivity index (χ3n) is 2.58. The van der Waals surface area contributed by atoms with Crippen LogP contribution in [0.1, 0.15) is 11.3 Å². The smallest absolute Gasteiger partial charge is 0.294 e. The van der Waals surface area contributed by atoms with Crippen molar-refractivity contribution in [3.05, 3.63) is 58.0 Å². The number of nitrogens with one attached hydrogen (secondary N) is 1. The second-order valence-electron chi connectivity index (χ2n) is 3.98. The summed E-state index contributed by atoms with van der Waals surface area (Å²) in [4.78, 5) is 13.4. The van der Waals surface area contributed by atoms with Gasteiger partial charge in [-0.15, -0.1) is 0 Å². The van der Waals surface area contributed by atoms with Crippen LogP contribution in [0, 0.1) is 0 Å². The van der Waals surface area contributed by atoms with E-state index in [1.165, 1.54) is 36.4 Å². The molecule has 2 aromatic rings. The van der Waals surface area contributed by atoms with Gasteiger partial charge in [-0.2, -0.15) is 8.42 Å². The second-order valence-corrected chi connectivity index (χ2v) is 5.40. The van der Waals surface area contributed by atoms with Crippen LogP contribution in [0.5, 0.6) is 5.75 Å². The third kappa shape index (κ3) is 3.21. The Balaban J connectivity index is 2.30. The maximum absolute atomic E-state index is 11.1. The number of aromatic hydroxyl groups is 1. The molecule has 0 radical (unpaired) electrons. The highest BCUT2D eigenvalue weighted by molar-refractivity contribution is 7.85. The molecule has 1 aromatic heterocycles. The number of H-pyrrole nitrogens is 1. The molecule has 7 heteroatoms. The van der Waals surface area contributed by atoms with Gasteiger partial charge in [-0.25, -0.2) is 0 Å². The van der Waals surface area contributed by atoms with E-state index >= 15 is 0 Å². The lowest BCUT2D eigenvalue weighted by Gasteiger charge is -2.05. The molecule has 1 aromatic carbocycles.